The lowest BCUT2D eigenvalue weighted by Crippen LogP contribution is -2.35. The Morgan fingerprint density at radius 3 is 2.52 bits per heavy atom. The maximum Gasteiger partial charge on any atom is 0.407 e. The summed E-state index contributed by atoms with van der Waals surface area (Å²) in [6, 6.07) is 6.05. The van der Waals surface area contributed by atoms with Crippen LogP contribution in [0.5, 0.6) is 0 Å². The van der Waals surface area contributed by atoms with Crippen molar-refractivity contribution in [2.45, 2.75) is 26.4 Å². The first-order valence-electron chi connectivity index (χ1n) is 6.86. The number of halogens is 1. The molecule has 0 heterocycles. The number of carbonyl (C=O) groups is 1. The van der Waals surface area contributed by atoms with Crippen molar-refractivity contribution in [3.8, 4) is 0 Å². The predicted molar refractivity (Wildman–Crippen MR) is 91.2 cm³/mol. The van der Waals surface area contributed by atoms with Crippen LogP contribution >= 0.6 is 15.9 Å². The van der Waals surface area contributed by atoms with Gasteiger partial charge in [-0.15, -0.1) is 0 Å². The summed E-state index contributed by atoms with van der Waals surface area (Å²) in [4.78, 5) is 13.6. The summed E-state index contributed by atoms with van der Waals surface area (Å²) in [5, 5.41) is 6.04. The molecule has 0 spiro atoms. The van der Waals surface area contributed by atoms with Crippen molar-refractivity contribution in [2.24, 2.45) is 0 Å². The van der Waals surface area contributed by atoms with Gasteiger partial charge in [-0.25, -0.2) is 4.79 Å². The molecule has 0 aliphatic rings. The molecule has 0 bridgehead atoms. The first kappa shape index (κ1) is 17.6. The number of nitrogens with zero attached hydrogens (tertiary/aromatic N) is 1. The van der Waals surface area contributed by atoms with Crippen LogP contribution in [0.3, 0.4) is 0 Å². The van der Waals surface area contributed by atoms with Crippen molar-refractivity contribution in [3.05, 3.63) is 22.7 Å². The van der Waals surface area contributed by atoms with Crippen molar-refractivity contribution in [2.75, 3.05) is 37.4 Å². The van der Waals surface area contributed by atoms with Gasteiger partial charge in [-0.1, -0.05) is 15.9 Å². The smallest absolute Gasteiger partial charge is 0.407 e. The number of carbonyl (C=O) groups excluding carboxylic acids is 1. The Bertz CT molecular complexity index is 484. The number of hydrogen-bond donors (Lipinski definition) is 2. The molecule has 5 nitrogen and oxygen atoms in total. The molecule has 0 aromatic heterocycles. The summed E-state index contributed by atoms with van der Waals surface area (Å²) in [6.07, 6.45) is -0.397. The highest BCUT2D eigenvalue weighted by atomic mass is 79.9. The number of alkyl carbamates (subject to hydrolysis) is 1. The molecule has 0 aliphatic heterocycles. The van der Waals surface area contributed by atoms with E-state index in [1.54, 1.807) is 0 Å². The summed E-state index contributed by atoms with van der Waals surface area (Å²) >= 11 is 3.46. The lowest BCUT2D eigenvalue weighted by molar-refractivity contribution is 0.0530. The Kier molecular flexibility index (Phi) is 6.33. The third-order valence-electron chi connectivity index (χ3n) is 2.55. The normalized spacial score (nSPS) is 11.0. The minimum atomic E-state index is -0.472. The van der Waals surface area contributed by atoms with E-state index in [4.69, 9.17) is 4.74 Å². The first-order valence-corrected chi connectivity index (χ1v) is 7.66. The first-order chi connectivity index (χ1) is 9.69. The lowest BCUT2D eigenvalue weighted by atomic mass is 10.2. The van der Waals surface area contributed by atoms with Gasteiger partial charge in [-0.05, 0) is 39.0 Å². The van der Waals surface area contributed by atoms with E-state index >= 15 is 0 Å². The summed E-state index contributed by atoms with van der Waals surface area (Å²) in [7, 11) is 3.99. The fraction of sp³-hybridized carbons (Fsp3) is 0.533. The molecule has 21 heavy (non-hydrogen) atoms. The van der Waals surface area contributed by atoms with Gasteiger partial charge in [0.1, 0.15) is 5.60 Å². The average Bonchev–Trinajstić information content (AvgIpc) is 2.32. The molecule has 1 aromatic carbocycles. The standard InChI is InChI=1S/C15H24BrN3O2/c1-15(2,3)21-14(20)18-9-8-17-12-10-11(16)6-7-13(12)19(4)5/h6-7,10,17H,8-9H2,1-5H3,(H,18,20). The molecule has 0 saturated carbocycles. The van der Waals surface area contributed by atoms with Crippen molar-refractivity contribution in [1.29, 1.82) is 0 Å². The van der Waals surface area contributed by atoms with Gasteiger partial charge in [-0.2, -0.15) is 0 Å². The minimum absolute atomic E-state index is 0.397. The second kappa shape index (κ2) is 7.54. The third kappa shape index (κ3) is 6.71. The van der Waals surface area contributed by atoms with Crippen LogP contribution in [0.2, 0.25) is 0 Å². The van der Waals surface area contributed by atoms with E-state index in [9.17, 15) is 4.79 Å². The number of nitrogens with one attached hydrogen (secondary N) is 2. The number of benzene rings is 1. The summed E-state index contributed by atoms with van der Waals surface area (Å²) in [6.45, 7) is 6.64. The zero-order valence-electron chi connectivity index (χ0n) is 13.3. The Hall–Kier alpha value is -1.43. The number of anilines is 2. The van der Waals surface area contributed by atoms with Gasteiger partial charge in [0.2, 0.25) is 0 Å². The van der Waals surface area contributed by atoms with Gasteiger partial charge < -0.3 is 20.3 Å². The quantitative estimate of drug-likeness (QED) is 0.792. The van der Waals surface area contributed by atoms with E-state index in [0.717, 1.165) is 15.8 Å². The Morgan fingerprint density at radius 2 is 1.95 bits per heavy atom. The van der Waals surface area contributed by atoms with Crippen LogP contribution < -0.4 is 15.5 Å². The van der Waals surface area contributed by atoms with Crippen LogP contribution in [0.1, 0.15) is 20.8 Å². The second-order valence-electron chi connectivity index (χ2n) is 5.91. The van der Waals surface area contributed by atoms with Gasteiger partial charge >= 0.3 is 6.09 Å². The molecule has 0 radical (unpaired) electrons. The molecule has 0 unspecified atom stereocenters. The van der Waals surface area contributed by atoms with Crippen molar-refractivity contribution in [3.63, 3.8) is 0 Å². The Labute approximate surface area is 135 Å². The lowest BCUT2D eigenvalue weighted by Gasteiger charge is -2.21. The van der Waals surface area contributed by atoms with Crippen LogP contribution in [0.4, 0.5) is 16.2 Å². The molecule has 0 aliphatic carbocycles. The largest absolute Gasteiger partial charge is 0.444 e. The molecule has 6 heteroatoms. The molecule has 1 rings (SSSR count). The molecule has 0 atom stereocenters. The highest BCUT2D eigenvalue weighted by molar-refractivity contribution is 9.10. The summed E-state index contributed by atoms with van der Waals surface area (Å²) < 4.78 is 6.19. The van der Waals surface area contributed by atoms with Crippen LogP contribution in [-0.4, -0.2) is 38.9 Å². The molecular weight excluding hydrogens is 334 g/mol. The van der Waals surface area contributed by atoms with Crippen molar-refractivity contribution in [1.82, 2.24) is 5.32 Å². The Balaban J connectivity index is 2.46. The van der Waals surface area contributed by atoms with Crippen LogP contribution in [-0.2, 0) is 4.74 Å². The van der Waals surface area contributed by atoms with Crippen LogP contribution in [0, 0.1) is 0 Å². The highest BCUT2D eigenvalue weighted by Crippen LogP contribution is 2.27. The maximum atomic E-state index is 11.5. The summed E-state index contributed by atoms with van der Waals surface area (Å²) in [5.74, 6) is 0. The minimum Gasteiger partial charge on any atom is -0.444 e. The van der Waals surface area contributed by atoms with E-state index in [1.807, 2.05) is 58.0 Å². The SMILES string of the molecule is CN(C)c1ccc(Br)cc1NCCNC(=O)OC(C)(C)C. The summed E-state index contributed by atoms with van der Waals surface area (Å²) in [5.41, 5.74) is 1.63. The van der Waals surface area contributed by atoms with Gasteiger partial charge in [0, 0.05) is 31.7 Å². The molecule has 2 N–H and O–H groups in total. The van der Waals surface area contributed by atoms with Crippen molar-refractivity contribution >= 4 is 33.4 Å². The monoisotopic (exact) mass is 357 g/mol. The van der Waals surface area contributed by atoms with Gasteiger partial charge in [-0.3, -0.25) is 0 Å². The number of amides is 1. The zero-order valence-corrected chi connectivity index (χ0v) is 14.9. The number of rotatable bonds is 5. The topological polar surface area (TPSA) is 53.6 Å². The second-order valence-corrected chi connectivity index (χ2v) is 6.83. The highest BCUT2D eigenvalue weighted by Gasteiger charge is 2.15. The molecule has 1 amide bonds. The third-order valence-corrected chi connectivity index (χ3v) is 3.04. The van der Waals surface area contributed by atoms with Gasteiger partial charge in [0.15, 0.2) is 0 Å². The zero-order chi connectivity index (χ0) is 16.0. The molecule has 118 valence electrons. The van der Waals surface area contributed by atoms with E-state index in [2.05, 4.69) is 26.6 Å². The van der Waals surface area contributed by atoms with Crippen LogP contribution in [0.15, 0.2) is 22.7 Å². The molecule has 0 fully saturated rings. The Morgan fingerprint density at radius 1 is 1.29 bits per heavy atom. The van der Waals surface area contributed by atoms with E-state index in [0.29, 0.717) is 13.1 Å². The van der Waals surface area contributed by atoms with E-state index in [-0.39, 0.29) is 0 Å². The molecule has 0 saturated heterocycles. The fourth-order valence-corrected chi connectivity index (χ4v) is 2.08. The number of hydrogen-bond acceptors (Lipinski definition) is 4. The molecule has 1 aromatic rings. The van der Waals surface area contributed by atoms with Crippen LogP contribution in [0.25, 0.3) is 0 Å². The van der Waals surface area contributed by atoms with Gasteiger partial charge in [0.05, 0.1) is 11.4 Å². The predicted octanol–water partition coefficient (Wildman–Crippen LogP) is 3.45. The van der Waals surface area contributed by atoms with Crippen molar-refractivity contribution < 1.29 is 9.53 Å². The maximum absolute atomic E-state index is 11.5. The van der Waals surface area contributed by atoms with Gasteiger partial charge in [0.25, 0.3) is 0 Å². The number of ether oxygens (including phenoxy) is 1. The average molecular weight is 358 g/mol. The fourth-order valence-electron chi connectivity index (χ4n) is 1.72. The van der Waals surface area contributed by atoms with E-state index in [1.165, 1.54) is 0 Å². The molecular formula is C15H24BrN3O2. The van der Waals surface area contributed by atoms with E-state index < -0.39 is 11.7 Å².